The van der Waals surface area contributed by atoms with Gasteiger partial charge in [0.15, 0.2) is 11.5 Å². The van der Waals surface area contributed by atoms with Gasteiger partial charge >= 0.3 is 0 Å². The third-order valence-corrected chi connectivity index (χ3v) is 5.19. The van der Waals surface area contributed by atoms with E-state index in [0.717, 1.165) is 17.0 Å². The van der Waals surface area contributed by atoms with Crippen LogP contribution in [0.1, 0.15) is 41.5 Å². The van der Waals surface area contributed by atoms with E-state index in [4.69, 9.17) is 14.2 Å². The normalized spacial score (nSPS) is 11.5. The van der Waals surface area contributed by atoms with Gasteiger partial charge in [-0.1, -0.05) is 18.2 Å². The smallest absolute Gasteiger partial charge is 0.251 e. The fourth-order valence-electron chi connectivity index (χ4n) is 3.01. The zero-order chi connectivity index (χ0) is 22.2. The van der Waals surface area contributed by atoms with Gasteiger partial charge < -0.3 is 19.5 Å². The van der Waals surface area contributed by atoms with Gasteiger partial charge in [-0.3, -0.25) is 9.78 Å². The van der Waals surface area contributed by atoms with Gasteiger partial charge in [0.25, 0.3) is 5.91 Å². The van der Waals surface area contributed by atoms with Crippen LogP contribution < -0.4 is 19.5 Å². The van der Waals surface area contributed by atoms with Crippen molar-refractivity contribution in [3.05, 3.63) is 82.1 Å². The summed E-state index contributed by atoms with van der Waals surface area (Å²) in [7, 11) is 1.55. The van der Waals surface area contributed by atoms with E-state index in [1.165, 1.54) is 0 Å². The number of benzene rings is 2. The van der Waals surface area contributed by atoms with E-state index in [1.54, 1.807) is 25.4 Å². The highest BCUT2D eigenvalue weighted by Crippen LogP contribution is 2.36. The highest BCUT2D eigenvalue weighted by Gasteiger charge is 2.17. The van der Waals surface area contributed by atoms with Crippen molar-refractivity contribution in [2.45, 2.75) is 26.5 Å². The highest BCUT2D eigenvalue weighted by atomic mass is 79.9. The maximum Gasteiger partial charge on any atom is 0.251 e. The van der Waals surface area contributed by atoms with Crippen LogP contribution in [0.5, 0.6) is 17.2 Å². The molecule has 6 nitrogen and oxygen atoms in total. The van der Waals surface area contributed by atoms with Gasteiger partial charge in [0.1, 0.15) is 12.4 Å². The number of halogens is 1. The lowest BCUT2D eigenvalue weighted by molar-refractivity contribution is 0.0939. The molecule has 1 amide bonds. The average molecular weight is 485 g/mol. The summed E-state index contributed by atoms with van der Waals surface area (Å²) in [5.41, 5.74) is 2.26. The molecule has 162 valence electrons. The largest absolute Gasteiger partial charge is 0.493 e. The second-order valence-corrected chi connectivity index (χ2v) is 7.65. The highest BCUT2D eigenvalue weighted by molar-refractivity contribution is 9.10. The van der Waals surface area contributed by atoms with Crippen molar-refractivity contribution in [1.29, 1.82) is 0 Å². The monoisotopic (exact) mass is 484 g/mol. The zero-order valence-corrected chi connectivity index (χ0v) is 19.3. The van der Waals surface area contributed by atoms with E-state index in [-0.39, 0.29) is 11.9 Å². The standard InChI is InChI=1S/C24H25BrN2O4/c1-4-30-23-21(25)13-18(14-22(23)29-3)24(28)27-16(2)17-8-7-10-20(12-17)31-15-19-9-5-6-11-26-19/h5-14,16H,4,15H2,1-3H3,(H,27,28). The number of ether oxygens (including phenoxy) is 3. The first-order chi connectivity index (χ1) is 15.0. The number of aromatic nitrogens is 1. The molecular formula is C24H25BrN2O4. The molecule has 0 bridgehead atoms. The van der Waals surface area contributed by atoms with Crippen LogP contribution in [0.15, 0.2) is 65.3 Å². The Morgan fingerprint density at radius 3 is 2.68 bits per heavy atom. The van der Waals surface area contributed by atoms with Gasteiger partial charge in [-0.15, -0.1) is 0 Å². The molecule has 0 aliphatic rings. The summed E-state index contributed by atoms with van der Waals surface area (Å²) >= 11 is 3.46. The van der Waals surface area contributed by atoms with E-state index in [1.807, 2.05) is 56.3 Å². The Kier molecular flexibility index (Phi) is 7.89. The molecular weight excluding hydrogens is 460 g/mol. The quantitative estimate of drug-likeness (QED) is 0.444. The number of methoxy groups -OCH3 is 1. The van der Waals surface area contributed by atoms with Gasteiger partial charge in [-0.25, -0.2) is 0 Å². The van der Waals surface area contributed by atoms with Crippen molar-refractivity contribution < 1.29 is 19.0 Å². The van der Waals surface area contributed by atoms with E-state index >= 15 is 0 Å². The van der Waals surface area contributed by atoms with Crippen molar-refractivity contribution in [2.24, 2.45) is 0 Å². The van der Waals surface area contributed by atoms with Gasteiger partial charge in [-0.05, 0) is 71.7 Å². The summed E-state index contributed by atoms with van der Waals surface area (Å²) in [6.45, 7) is 4.69. The first-order valence-corrected chi connectivity index (χ1v) is 10.7. The number of pyridine rings is 1. The van der Waals surface area contributed by atoms with E-state index in [2.05, 4.69) is 26.2 Å². The zero-order valence-electron chi connectivity index (χ0n) is 17.7. The predicted octanol–water partition coefficient (Wildman–Crippen LogP) is 5.32. The number of rotatable bonds is 9. The average Bonchev–Trinajstić information content (AvgIpc) is 2.79. The van der Waals surface area contributed by atoms with Crippen molar-refractivity contribution in [1.82, 2.24) is 10.3 Å². The summed E-state index contributed by atoms with van der Waals surface area (Å²) < 4.78 is 17.5. The number of carbonyl (C=O) groups is 1. The summed E-state index contributed by atoms with van der Waals surface area (Å²) in [5.74, 6) is 1.58. The molecule has 31 heavy (non-hydrogen) atoms. The van der Waals surface area contributed by atoms with Crippen LogP contribution in [0.2, 0.25) is 0 Å². The van der Waals surface area contributed by atoms with Crippen LogP contribution in [-0.4, -0.2) is 24.6 Å². The minimum atomic E-state index is -0.220. The van der Waals surface area contributed by atoms with Crippen LogP contribution in [0.25, 0.3) is 0 Å². The molecule has 1 unspecified atom stereocenters. The van der Waals surface area contributed by atoms with Crippen molar-refractivity contribution >= 4 is 21.8 Å². The third kappa shape index (κ3) is 5.98. The molecule has 0 spiro atoms. The lowest BCUT2D eigenvalue weighted by Crippen LogP contribution is -2.26. The van der Waals surface area contributed by atoms with Crippen LogP contribution in [-0.2, 0) is 6.61 Å². The Morgan fingerprint density at radius 1 is 1.13 bits per heavy atom. The molecule has 1 aromatic heterocycles. The minimum Gasteiger partial charge on any atom is -0.493 e. The molecule has 3 rings (SSSR count). The Hall–Kier alpha value is -3.06. The van der Waals surface area contributed by atoms with Gasteiger partial charge in [0, 0.05) is 11.8 Å². The first-order valence-electron chi connectivity index (χ1n) is 9.95. The lowest BCUT2D eigenvalue weighted by atomic mass is 10.1. The third-order valence-electron chi connectivity index (χ3n) is 4.60. The number of nitrogens with one attached hydrogen (secondary N) is 1. The Balaban J connectivity index is 1.69. The number of hydrogen-bond donors (Lipinski definition) is 1. The fourth-order valence-corrected chi connectivity index (χ4v) is 3.57. The second kappa shape index (κ2) is 10.8. The maximum absolute atomic E-state index is 12.8. The number of amides is 1. The van der Waals surface area contributed by atoms with E-state index in [0.29, 0.717) is 34.7 Å². The van der Waals surface area contributed by atoms with Crippen molar-refractivity contribution in [2.75, 3.05) is 13.7 Å². The molecule has 0 radical (unpaired) electrons. The molecule has 3 aromatic rings. The lowest BCUT2D eigenvalue weighted by Gasteiger charge is -2.17. The summed E-state index contributed by atoms with van der Waals surface area (Å²) in [4.78, 5) is 17.1. The van der Waals surface area contributed by atoms with Crippen LogP contribution in [0.3, 0.4) is 0 Å². The Bertz CT molecular complexity index is 1030. The van der Waals surface area contributed by atoms with Crippen LogP contribution >= 0.6 is 15.9 Å². The SMILES string of the molecule is CCOc1c(Br)cc(C(=O)NC(C)c2cccc(OCc3ccccn3)c2)cc1OC. The summed E-state index contributed by atoms with van der Waals surface area (Å²) in [6.07, 6.45) is 1.74. The van der Waals surface area contributed by atoms with Gasteiger partial charge in [-0.2, -0.15) is 0 Å². The van der Waals surface area contributed by atoms with Crippen LogP contribution in [0.4, 0.5) is 0 Å². The maximum atomic E-state index is 12.8. The summed E-state index contributed by atoms with van der Waals surface area (Å²) in [5, 5.41) is 3.02. The molecule has 1 atom stereocenters. The molecule has 7 heteroatoms. The van der Waals surface area contributed by atoms with Crippen molar-refractivity contribution in [3.63, 3.8) is 0 Å². The molecule has 0 fully saturated rings. The van der Waals surface area contributed by atoms with Gasteiger partial charge in [0.05, 0.1) is 29.9 Å². The second-order valence-electron chi connectivity index (χ2n) is 6.80. The Morgan fingerprint density at radius 2 is 1.97 bits per heavy atom. The molecule has 0 aliphatic carbocycles. The topological polar surface area (TPSA) is 69.7 Å². The molecule has 1 N–H and O–H groups in total. The fraction of sp³-hybridized carbons (Fsp3) is 0.250. The molecule has 2 aromatic carbocycles. The number of nitrogens with zero attached hydrogens (tertiary/aromatic N) is 1. The van der Waals surface area contributed by atoms with E-state index < -0.39 is 0 Å². The molecule has 0 aliphatic heterocycles. The van der Waals surface area contributed by atoms with E-state index in [9.17, 15) is 4.79 Å². The summed E-state index contributed by atoms with van der Waals surface area (Å²) in [6, 6.07) is 16.5. The molecule has 0 saturated carbocycles. The number of hydrogen-bond acceptors (Lipinski definition) is 5. The van der Waals surface area contributed by atoms with Crippen molar-refractivity contribution in [3.8, 4) is 17.2 Å². The van der Waals surface area contributed by atoms with Gasteiger partial charge in [0.2, 0.25) is 0 Å². The first kappa shape index (κ1) is 22.6. The predicted molar refractivity (Wildman–Crippen MR) is 123 cm³/mol. The molecule has 1 heterocycles. The van der Waals surface area contributed by atoms with Crippen LogP contribution in [0, 0.1) is 0 Å². The Labute approximate surface area is 190 Å². The minimum absolute atomic E-state index is 0.214. The molecule has 0 saturated heterocycles. The number of carbonyl (C=O) groups excluding carboxylic acids is 1.